The summed E-state index contributed by atoms with van der Waals surface area (Å²) in [6.45, 7) is 5.04. The van der Waals surface area contributed by atoms with Crippen molar-refractivity contribution in [3.05, 3.63) is 65.4 Å². The average molecular weight is 589 g/mol. The third-order valence-electron chi connectivity index (χ3n) is 10.1. The molecule has 0 amide bonds. The molecule has 2 aromatic rings. The summed E-state index contributed by atoms with van der Waals surface area (Å²) in [4.78, 5) is 28.2. The summed E-state index contributed by atoms with van der Waals surface area (Å²) in [5.74, 6) is 1.62. The van der Waals surface area contributed by atoms with Gasteiger partial charge in [0.2, 0.25) is 5.95 Å². The summed E-state index contributed by atoms with van der Waals surface area (Å²) in [6.07, 6.45) is 12.5. The molecule has 0 bridgehead atoms. The number of nitrogens with zero attached hydrogens (tertiary/aromatic N) is 5. The zero-order chi connectivity index (χ0) is 30.1. The Bertz CT molecular complexity index is 1360. The lowest BCUT2D eigenvalue weighted by Crippen LogP contribution is -2.58. The minimum atomic E-state index is -0.0337. The van der Waals surface area contributed by atoms with Crippen LogP contribution in [0.2, 0.25) is 0 Å². The number of esters is 1. The van der Waals surface area contributed by atoms with Gasteiger partial charge < -0.3 is 41.7 Å². The van der Waals surface area contributed by atoms with Crippen LogP contribution < -0.4 is 22.1 Å². The van der Waals surface area contributed by atoms with Crippen LogP contribution in [0.5, 0.6) is 5.75 Å². The molecule has 2 saturated heterocycles. The molecule has 230 valence electrons. The Morgan fingerprint density at radius 2 is 1.63 bits per heavy atom. The van der Waals surface area contributed by atoms with E-state index in [4.69, 9.17) is 31.9 Å². The molecule has 2 saturated carbocycles. The quantitative estimate of drug-likeness (QED) is 0.278. The number of methoxy groups -OCH3 is 1. The van der Waals surface area contributed by atoms with Crippen LogP contribution in [0, 0.1) is 11.3 Å². The smallest absolute Gasteiger partial charge is 0.308 e. The standard InChI is InChI=1S/C32H44N8O3/c1-43-30(42)22-15-32(16-22)17-24(18-32)38-8-6-21(7-9-38)23-19-36-31(37-20-23)40-12-10-39(11-13-40)27(29(34)35)14-26(33)25-4-2-3-5-28(25)41/h2-5,14,19-22,24,41H,6-13,15-18,33-35H2,1H3/b26-14-. The van der Waals surface area contributed by atoms with Crippen LogP contribution in [0.4, 0.5) is 5.95 Å². The first-order valence-corrected chi connectivity index (χ1v) is 15.4. The highest BCUT2D eigenvalue weighted by Gasteiger charge is 2.56. The minimum Gasteiger partial charge on any atom is -0.507 e. The number of piperazine rings is 1. The molecule has 4 fully saturated rings. The van der Waals surface area contributed by atoms with Crippen LogP contribution in [0.3, 0.4) is 0 Å². The van der Waals surface area contributed by atoms with Crippen molar-refractivity contribution in [2.75, 3.05) is 51.3 Å². The van der Waals surface area contributed by atoms with Crippen LogP contribution >= 0.6 is 0 Å². The van der Waals surface area contributed by atoms with Gasteiger partial charge in [-0.3, -0.25) is 4.79 Å². The maximum Gasteiger partial charge on any atom is 0.308 e. The summed E-state index contributed by atoms with van der Waals surface area (Å²) in [5.41, 5.74) is 21.6. The fourth-order valence-corrected chi connectivity index (χ4v) is 7.60. The molecule has 11 heteroatoms. The van der Waals surface area contributed by atoms with Crippen molar-refractivity contribution < 1.29 is 14.6 Å². The van der Waals surface area contributed by atoms with Gasteiger partial charge in [-0.25, -0.2) is 9.97 Å². The van der Waals surface area contributed by atoms with Gasteiger partial charge in [0, 0.05) is 55.9 Å². The van der Waals surface area contributed by atoms with E-state index < -0.39 is 0 Å². The molecule has 6 rings (SSSR count). The number of benzene rings is 1. The second kappa shape index (κ2) is 11.9. The Kier molecular flexibility index (Phi) is 8.09. The zero-order valence-electron chi connectivity index (χ0n) is 25.0. The first kappa shape index (κ1) is 29.1. The molecule has 3 heterocycles. The highest BCUT2D eigenvalue weighted by atomic mass is 16.5. The Labute approximate surface area is 253 Å². The second-order valence-corrected chi connectivity index (χ2v) is 12.7. The number of phenolic OH excluding ortho intramolecular Hbond substituents is 1. The zero-order valence-corrected chi connectivity index (χ0v) is 25.0. The third kappa shape index (κ3) is 5.95. The van der Waals surface area contributed by atoms with E-state index in [0.717, 1.165) is 57.8 Å². The molecule has 43 heavy (non-hydrogen) atoms. The fourth-order valence-electron chi connectivity index (χ4n) is 7.60. The van der Waals surface area contributed by atoms with Gasteiger partial charge >= 0.3 is 5.97 Å². The number of anilines is 1. The number of ether oxygens (including phenoxy) is 1. The van der Waals surface area contributed by atoms with Crippen molar-refractivity contribution in [3.63, 3.8) is 0 Å². The third-order valence-corrected chi connectivity index (χ3v) is 10.1. The van der Waals surface area contributed by atoms with Crippen LogP contribution in [0.25, 0.3) is 5.70 Å². The summed E-state index contributed by atoms with van der Waals surface area (Å²) in [6, 6.07) is 7.60. The number of nitrogens with two attached hydrogens (primary N) is 3. The number of carbonyl (C=O) groups excluding carboxylic acids is 1. The van der Waals surface area contributed by atoms with Gasteiger partial charge in [-0.2, -0.15) is 0 Å². The number of piperidine rings is 1. The lowest BCUT2D eigenvalue weighted by Gasteiger charge is -2.60. The number of likely N-dealkylation sites (tertiary alicyclic amines) is 1. The molecule has 2 aliphatic heterocycles. The number of aromatic nitrogens is 2. The Balaban J connectivity index is 0.976. The van der Waals surface area contributed by atoms with E-state index in [2.05, 4.69) is 14.7 Å². The van der Waals surface area contributed by atoms with E-state index in [0.29, 0.717) is 47.4 Å². The van der Waals surface area contributed by atoms with Crippen molar-refractivity contribution in [1.82, 2.24) is 19.8 Å². The topological polar surface area (TPSA) is 160 Å². The number of para-hydroxylation sites is 1. The van der Waals surface area contributed by atoms with E-state index in [-0.39, 0.29) is 23.5 Å². The van der Waals surface area contributed by atoms with Gasteiger partial charge in [0.1, 0.15) is 11.6 Å². The molecule has 1 aromatic heterocycles. The van der Waals surface area contributed by atoms with Crippen molar-refractivity contribution in [1.29, 1.82) is 0 Å². The molecule has 7 N–H and O–H groups in total. The number of hydrogen-bond donors (Lipinski definition) is 4. The van der Waals surface area contributed by atoms with E-state index in [1.807, 2.05) is 18.5 Å². The number of carbonyl (C=O) groups is 1. The van der Waals surface area contributed by atoms with E-state index in [1.165, 1.54) is 25.5 Å². The van der Waals surface area contributed by atoms with Crippen LogP contribution in [-0.4, -0.2) is 83.3 Å². The van der Waals surface area contributed by atoms with Gasteiger partial charge in [0.05, 0.1) is 18.7 Å². The minimum absolute atomic E-state index is 0.0337. The highest BCUT2D eigenvalue weighted by Crippen LogP contribution is 2.60. The van der Waals surface area contributed by atoms with Crippen LogP contribution in [0.15, 0.2) is 54.3 Å². The first-order chi connectivity index (χ1) is 20.7. The van der Waals surface area contributed by atoms with Gasteiger partial charge in [0.25, 0.3) is 0 Å². The predicted molar refractivity (Wildman–Crippen MR) is 165 cm³/mol. The summed E-state index contributed by atoms with van der Waals surface area (Å²) in [7, 11) is 1.49. The van der Waals surface area contributed by atoms with Gasteiger partial charge in [-0.15, -0.1) is 0 Å². The number of allylic oxidation sites excluding steroid dienone is 1. The van der Waals surface area contributed by atoms with E-state index >= 15 is 0 Å². The van der Waals surface area contributed by atoms with E-state index in [1.54, 1.807) is 24.3 Å². The normalized spacial score (nSPS) is 26.5. The molecule has 0 atom stereocenters. The number of aromatic hydroxyl groups is 1. The Morgan fingerprint density at radius 3 is 2.23 bits per heavy atom. The first-order valence-electron chi connectivity index (χ1n) is 15.4. The van der Waals surface area contributed by atoms with Crippen molar-refractivity contribution in [3.8, 4) is 5.75 Å². The van der Waals surface area contributed by atoms with Gasteiger partial charge in [-0.05, 0) is 86.7 Å². The molecule has 2 aliphatic carbocycles. The molecule has 0 unspecified atom stereocenters. The molecule has 1 aromatic carbocycles. The lowest BCUT2D eigenvalue weighted by molar-refractivity contribution is -0.163. The summed E-state index contributed by atoms with van der Waals surface area (Å²) >= 11 is 0. The average Bonchev–Trinajstić information content (AvgIpc) is 2.99. The molecule has 4 aliphatic rings. The maximum atomic E-state index is 11.8. The van der Waals surface area contributed by atoms with Gasteiger partial charge in [0.15, 0.2) is 0 Å². The van der Waals surface area contributed by atoms with Crippen molar-refractivity contribution in [2.45, 2.75) is 50.5 Å². The Morgan fingerprint density at radius 1 is 0.977 bits per heavy atom. The summed E-state index contributed by atoms with van der Waals surface area (Å²) < 4.78 is 4.92. The molecular weight excluding hydrogens is 544 g/mol. The molecule has 0 radical (unpaired) electrons. The van der Waals surface area contributed by atoms with Crippen molar-refractivity contribution >= 4 is 17.6 Å². The van der Waals surface area contributed by atoms with Crippen molar-refractivity contribution in [2.24, 2.45) is 28.5 Å². The molecule has 1 spiro atoms. The number of phenols is 1. The van der Waals surface area contributed by atoms with Crippen LogP contribution in [0.1, 0.15) is 55.6 Å². The number of hydrogen-bond acceptors (Lipinski definition) is 11. The number of rotatable bonds is 7. The Hall–Kier alpha value is -3.99. The van der Waals surface area contributed by atoms with Crippen LogP contribution in [-0.2, 0) is 9.53 Å². The molecule has 11 nitrogen and oxygen atoms in total. The van der Waals surface area contributed by atoms with E-state index in [9.17, 15) is 9.90 Å². The second-order valence-electron chi connectivity index (χ2n) is 12.7. The lowest BCUT2D eigenvalue weighted by atomic mass is 9.49. The molecular formula is C32H44N8O3. The fraction of sp³-hybridized carbons (Fsp3) is 0.531. The van der Waals surface area contributed by atoms with Gasteiger partial charge in [-0.1, -0.05) is 12.1 Å². The monoisotopic (exact) mass is 588 g/mol. The largest absolute Gasteiger partial charge is 0.507 e. The maximum absolute atomic E-state index is 11.8. The predicted octanol–water partition coefficient (Wildman–Crippen LogP) is 2.30. The summed E-state index contributed by atoms with van der Waals surface area (Å²) in [5, 5.41) is 10.2. The highest BCUT2D eigenvalue weighted by molar-refractivity contribution is 5.73. The SMILES string of the molecule is COC(=O)C1CC2(C1)CC(N1CCC(c3cnc(N4CCN(C(/C=C(\N)c5ccccc5O)=C(N)N)CC4)nc3)CC1)C2.